The van der Waals surface area contributed by atoms with Crippen LogP contribution in [0.3, 0.4) is 0 Å². The molecule has 0 spiro atoms. The topological polar surface area (TPSA) is 48.9 Å². The molecule has 2 aromatic carbocycles. The summed E-state index contributed by atoms with van der Waals surface area (Å²) in [7, 11) is 1.80. The largest absolute Gasteiger partial charge is 0.379 e. The van der Waals surface area contributed by atoms with E-state index in [2.05, 4.69) is 56.9 Å². The van der Waals surface area contributed by atoms with E-state index in [1.807, 2.05) is 18.2 Å². The average Bonchev–Trinajstić information content (AvgIpc) is 2.71. The highest BCUT2D eigenvalue weighted by Gasteiger charge is 2.10. The number of morpholine rings is 1. The molecule has 1 aliphatic rings. The molecular formula is C21H29IN4O. The summed E-state index contributed by atoms with van der Waals surface area (Å²) in [4.78, 5) is 6.73. The average molecular weight is 480 g/mol. The van der Waals surface area contributed by atoms with E-state index in [0.717, 1.165) is 51.9 Å². The first-order chi connectivity index (χ1) is 12.8. The number of aliphatic imine (C=N–C) groups is 1. The van der Waals surface area contributed by atoms with Crippen LogP contribution in [0.5, 0.6) is 0 Å². The highest BCUT2D eigenvalue weighted by Crippen LogP contribution is 2.09. The van der Waals surface area contributed by atoms with Crippen LogP contribution in [0.2, 0.25) is 0 Å². The van der Waals surface area contributed by atoms with Crippen LogP contribution >= 0.6 is 24.0 Å². The van der Waals surface area contributed by atoms with Crippen LogP contribution in [0.4, 0.5) is 0 Å². The second-order valence-corrected chi connectivity index (χ2v) is 6.47. The van der Waals surface area contributed by atoms with Crippen molar-refractivity contribution in [2.45, 2.75) is 19.6 Å². The van der Waals surface area contributed by atoms with Crippen LogP contribution in [-0.4, -0.2) is 44.2 Å². The van der Waals surface area contributed by atoms with Gasteiger partial charge in [-0.15, -0.1) is 24.0 Å². The molecule has 0 amide bonds. The van der Waals surface area contributed by atoms with E-state index in [9.17, 15) is 0 Å². The number of nitrogens with zero attached hydrogens (tertiary/aromatic N) is 2. The minimum atomic E-state index is 0. The molecule has 6 heteroatoms. The second-order valence-electron chi connectivity index (χ2n) is 6.47. The van der Waals surface area contributed by atoms with Crippen molar-refractivity contribution in [3.8, 4) is 0 Å². The molecule has 0 bridgehead atoms. The Bertz CT molecular complexity index is 685. The van der Waals surface area contributed by atoms with E-state index in [-0.39, 0.29) is 24.0 Å². The van der Waals surface area contributed by atoms with Crippen LogP contribution in [0.1, 0.15) is 16.7 Å². The maximum Gasteiger partial charge on any atom is 0.191 e. The van der Waals surface area contributed by atoms with Gasteiger partial charge in [0.2, 0.25) is 0 Å². The molecule has 0 saturated carbocycles. The van der Waals surface area contributed by atoms with Crippen LogP contribution in [0, 0.1) is 0 Å². The summed E-state index contributed by atoms with van der Waals surface area (Å²) in [6.45, 7) is 6.25. The molecule has 1 saturated heterocycles. The van der Waals surface area contributed by atoms with Gasteiger partial charge in [-0.3, -0.25) is 9.89 Å². The zero-order valence-corrected chi connectivity index (χ0v) is 18.2. The Morgan fingerprint density at radius 2 is 1.44 bits per heavy atom. The van der Waals surface area contributed by atoms with Crippen LogP contribution in [0.15, 0.2) is 59.6 Å². The molecule has 0 aromatic heterocycles. The van der Waals surface area contributed by atoms with Crippen molar-refractivity contribution >= 4 is 29.9 Å². The summed E-state index contributed by atoms with van der Waals surface area (Å²) in [5.74, 6) is 0.811. The Morgan fingerprint density at radius 1 is 0.889 bits per heavy atom. The first-order valence-electron chi connectivity index (χ1n) is 9.20. The lowest BCUT2D eigenvalue weighted by atomic mass is 10.1. The zero-order valence-electron chi connectivity index (χ0n) is 15.9. The summed E-state index contributed by atoms with van der Waals surface area (Å²) in [5.41, 5.74) is 3.84. The molecule has 1 heterocycles. The Balaban J connectivity index is 0.00000261. The molecule has 146 valence electrons. The third-order valence-electron chi connectivity index (χ3n) is 4.52. The van der Waals surface area contributed by atoms with E-state index >= 15 is 0 Å². The Labute approximate surface area is 179 Å². The van der Waals surface area contributed by atoms with Crippen molar-refractivity contribution in [1.29, 1.82) is 0 Å². The molecule has 1 aliphatic heterocycles. The molecule has 2 aromatic rings. The minimum Gasteiger partial charge on any atom is -0.379 e. The quantitative estimate of drug-likeness (QED) is 0.379. The molecule has 27 heavy (non-hydrogen) atoms. The van der Waals surface area contributed by atoms with Gasteiger partial charge in [0.15, 0.2) is 5.96 Å². The Hall–Kier alpha value is -1.64. The number of guanidine groups is 1. The first-order valence-corrected chi connectivity index (χ1v) is 9.20. The van der Waals surface area contributed by atoms with Crippen LogP contribution in [0.25, 0.3) is 0 Å². The zero-order chi connectivity index (χ0) is 18.0. The number of hydrogen-bond donors (Lipinski definition) is 2. The van der Waals surface area contributed by atoms with Crippen molar-refractivity contribution in [3.63, 3.8) is 0 Å². The van der Waals surface area contributed by atoms with Crippen molar-refractivity contribution in [3.05, 3.63) is 71.3 Å². The summed E-state index contributed by atoms with van der Waals surface area (Å²) in [6.07, 6.45) is 0. The number of ether oxygens (including phenoxy) is 1. The van der Waals surface area contributed by atoms with Crippen molar-refractivity contribution < 1.29 is 4.74 Å². The molecule has 0 radical (unpaired) electrons. The van der Waals surface area contributed by atoms with Gasteiger partial charge in [-0.1, -0.05) is 54.6 Å². The molecule has 3 rings (SSSR count). The van der Waals surface area contributed by atoms with E-state index in [1.165, 1.54) is 16.7 Å². The van der Waals surface area contributed by atoms with Gasteiger partial charge in [0.1, 0.15) is 0 Å². The van der Waals surface area contributed by atoms with Crippen molar-refractivity contribution in [2.75, 3.05) is 33.4 Å². The van der Waals surface area contributed by atoms with Gasteiger partial charge in [-0.05, 0) is 16.7 Å². The molecule has 5 nitrogen and oxygen atoms in total. The van der Waals surface area contributed by atoms with Crippen molar-refractivity contribution in [1.82, 2.24) is 15.5 Å². The lowest BCUT2D eigenvalue weighted by Gasteiger charge is -2.26. The monoisotopic (exact) mass is 480 g/mol. The summed E-state index contributed by atoms with van der Waals surface area (Å²) >= 11 is 0. The number of hydrogen-bond acceptors (Lipinski definition) is 3. The Morgan fingerprint density at radius 3 is 2.04 bits per heavy atom. The van der Waals surface area contributed by atoms with Gasteiger partial charge in [0, 0.05) is 39.8 Å². The van der Waals surface area contributed by atoms with Gasteiger partial charge in [-0.25, -0.2) is 0 Å². The van der Waals surface area contributed by atoms with Gasteiger partial charge in [-0.2, -0.15) is 0 Å². The number of rotatable bonds is 6. The van der Waals surface area contributed by atoms with E-state index < -0.39 is 0 Å². The maximum absolute atomic E-state index is 5.40. The standard InChI is InChI=1S/C21H28N4O.HI/c1-22-21(23-15-18-5-3-2-4-6-18)24-16-19-7-9-20(10-8-19)17-25-11-13-26-14-12-25;/h2-10H,11-17H2,1H3,(H2,22,23,24);1H. The van der Waals surface area contributed by atoms with E-state index in [1.54, 1.807) is 7.05 Å². The third kappa shape index (κ3) is 7.48. The second kappa shape index (κ2) is 11.9. The lowest BCUT2D eigenvalue weighted by Crippen LogP contribution is -2.36. The molecule has 0 atom stereocenters. The first kappa shape index (κ1) is 21.7. The van der Waals surface area contributed by atoms with E-state index in [0.29, 0.717) is 0 Å². The molecule has 0 unspecified atom stereocenters. The number of nitrogens with one attached hydrogen (secondary N) is 2. The van der Waals surface area contributed by atoms with Gasteiger partial charge < -0.3 is 15.4 Å². The lowest BCUT2D eigenvalue weighted by molar-refractivity contribution is 0.0342. The van der Waals surface area contributed by atoms with Crippen LogP contribution in [-0.2, 0) is 24.4 Å². The highest BCUT2D eigenvalue weighted by atomic mass is 127. The number of halogens is 1. The summed E-state index contributed by atoms with van der Waals surface area (Å²) < 4.78 is 5.40. The number of benzene rings is 2. The fraction of sp³-hybridized carbons (Fsp3) is 0.381. The van der Waals surface area contributed by atoms with Gasteiger partial charge in [0.05, 0.1) is 13.2 Å². The summed E-state index contributed by atoms with van der Waals surface area (Å²) in [6, 6.07) is 19.1. The normalized spacial score (nSPS) is 15.1. The molecule has 1 fully saturated rings. The van der Waals surface area contributed by atoms with E-state index in [4.69, 9.17) is 4.74 Å². The fourth-order valence-corrected chi connectivity index (χ4v) is 2.97. The van der Waals surface area contributed by atoms with Gasteiger partial charge in [0.25, 0.3) is 0 Å². The minimum absolute atomic E-state index is 0. The summed E-state index contributed by atoms with van der Waals surface area (Å²) in [5, 5.41) is 6.71. The highest BCUT2D eigenvalue weighted by molar-refractivity contribution is 14.0. The molecule has 2 N–H and O–H groups in total. The maximum atomic E-state index is 5.40. The van der Waals surface area contributed by atoms with Crippen molar-refractivity contribution in [2.24, 2.45) is 4.99 Å². The smallest absolute Gasteiger partial charge is 0.191 e. The van der Waals surface area contributed by atoms with Crippen LogP contribution < -0.4 is 10.6 Å². The SMILES string of the molecule is CN=C(NCc1ccccc1)NCc1ccc(CN2CCOCC2)cc1.I. The molecule has 0 aliphatic carbocycles. The predicted molar refractivity (Wildman–Crippen MR) is 121 cm³/mol. The third-order valence-corrected chi connectivity index (χ3v) is 4.52. The predicted octanol–water partition coefficient (Wildman–Crippen LogP) is 3.00. The molecular weight excluding hydrogens is 451 g/mol. The fourth-order valence-electron chi connectivity index (χ4n) is 2.97. The van der Waals surface area contributed by atoms with Gasteiger partial charge >= 0.3 is 0 Å². The Kier molecular flexibility index (Phi) is 9.58.